The van der Waals surface area contributed by atoms with E-state index in [0.717, 1.165) is 10.0 Å². The van der Waals surface area contributed by atoms with Gasteiger partial charge >= 0.3 is 5.97 Å². The number of hydrogen-bond acceptors (Lipinski definition) is 3. The molecule has 0 aliphatic rings. The minimum absolute atomic E-state index is 0.0191. The summed E-state index contributed by atoms with van der Waals surface area (Å²) in [5, 5.41) is 14.3. The quantitative estimate of drug-likeness (QED) is 0.640. The van der Waals surface area contributed by atoms with E-state index in [4.69, 9.17) is 5.11 Å². The molecule has 0 saturated heterocycles. The van der Waals surface area contributed by atoms with Gasteiger partial charge in [-0.1, -0.05) is 41.4 Å². The zero-order valence-corrected chi connectivity index (χ0v) is 14.7. The maximum atomic E-state index is 12.1. The normalized spacial score (nSPS) is 13.0. The van der Waals surface area contributed by atoms with Gasteiger partial charge in [-0.05, 0) is 24.1 Å². The highest BCUT2D eigenvalue weighted by Crippen LogP contribution is 2.20. The highest BCUT2D eigenvalue weighted by atomic mass is 79.9. The van der Waals surface area contributed by atoms with Crippen LogP contribution in [0, 0.1) is 0 Å². The van der Waals surface area contributed by atoms with Gasteiger partial charge in [-0.25, -0.2) is 4.79 Å². The van der Waals surface area contributed by atoms with Crippen LogP contribution in [-0.2, 0) is 14.4 Å². The lowest BCUT2D eigenvalue weighted by Gasteiger charge is -2.20. The van der Waals surface area contributed by atoms with Crippen LogP contribution in [0.25, 0.3) is 0 Å². The number of benzene rings is 1. The van der Waals surface area contributed by atoms with Gasteiger partial charge in [0.05, 0.1) is 12.5 Å². The fourth-order valence-electron chi connectivity index (χ4n) is 2.18. The molecule has 3 N–H and O–H groups in total. The third-order valence-corrected chi connectivity index (χ3v) is 3.78. The summed E-state index contributed by atoms with van der Waals surface area (Å²) in [6.45, 7) is 3.23. The van der Waals surface area contributed by atoms with Crippen molar-refractivity contribution >= 4 is 33.7 Å². The second kappa shape index (κ2) is 9.29. The molecule has 0 aromatic heterocycles. The lowest BCUT2D eigenvalue weighted by Crippen LogP contribution is -2.42. The van der Waals surface area contributed by atoms with Crippen molar-refractivity contribution in [3.8, 4) is 0 Å². The number of halogens is 1. The van der Waals surface area contributed by atoms with Crippen molar-refractivity contribution in [3.05, 3.63) is 34.3 Å². The Morgan fingerprint density at radius 2 is 1.78 bits per heavy atom. The number of carboxylic acid groups (broad SMARTS) is 1. The van der Waals surface area contributed by atoms with Gasteiger partial charge in [0, 0.05) is 11.4 Å². The van der Waals surface area contributed by atoms with Crippen molar-refractivity contribution in [2.75, 3.05) is 0 Å². The predicted molar refractivity (Wildman–Crippen MR) is 89.8 cm³/mol. The first-order valence-electron chi connectivity index (χ1n) is 7.38. The van der Waals surface area contributed by atoms with Crippen LogP contribution in [0.5, 0.6) is 0 Å². The number of amides is 2. The van der Waals surface area contributed by atoms with Crippen LogP contribution >= 0.6 is 15.9 Å². The summed E-state index contributed by atoms with van der Waals surface area (Å²) in [5.74, 6) is -1.72. The molecular formula is C16H21BrN2O4. The lowest BCUT2D eigenvalue weighted by atomic mass is 10.0. The third-order valence-electron chi connectivity index (χ3n) is 3.25. The average molecular weight is 385 g/mol. The Hall–Kier alpha value is -1.89. The first kappa shape index (κ1) is 19.2. The van der Waals surface area contributed by atoms with Gasteiger partial charge in [0.2, 0.25) is 11.8 Å². The topological polar surface area (TPSA) is 95.5 Å². The van der Waals surface area contributed by atoms with Crippen molar-refractivity contribution < 1.29 is 19.5 Å². The van der Waals surface area contributed by atoms with E-state index < -0.39 is 24.0 Å². The maximum Gasteiger partial charge on any atom is 0.326 e. The molecule has 0 heterocycles. The van der Waals surface area contributed by atoms with E-state index in [-0.39, 0.29) is 12.3 Å². The molecule has 2 unspecified atom stereocenters. The van der Waals surface area contributed by atoms with Gasteiger partial charge in [-0.15, -0.1) is 0 Å². The summed E-state index contributed by atoms with van der Waals surface area (Å²) in [6, 6.07) is 5.84. The fourth-order valence-corrected chi connectivity index (χ4v) is 2.44. The maximum absolute atomic E-state index is 12.1. The van der Waals surface area contributed by atoms with Crippen molar-refractivity contribution in [2.24, 2.45) is 0 Å². The van der Waals surface area contributed by atoms with Crippen molar-refractivity contribution in [1.29, 1.82) is 0 Å². The van der Waals surface area contributed by atoms with Crippen LogP contribution in [0.1, 0.15) is 44.7 Å². The number of hydrogen-bond donors (Lipinski definition) is 3. The predicted octanol–water partition coefficient (Wildman–Crippen LogP) is 2.39. The molecule has 1 rings (SSSR count). The van der Waals surface area contributed by atoms with Crippen molar-refractivity contribution in [2.45, 2.75) is 45.2 Å². The Morgan fingerprint density at radius 1 is 1.17 bits per heavy atom. The molecule has 0 aliphatic carbocycles. The highest BCUT2D eigenvalue weighted by molar-refractivity contribution is 9.10. The second-order valence-electron chi connectivity index (χ2n) is 5.26. The molecular weight excluding hydrogens is 364 g/mol. The summed E-state index contributed by atoms with van der Waals surface area (Å²) in [5.41, 5.74) is 0.779. The van der Waals surface area contributed by atoms with E-state index in [1.807, 2.05) is 19.1 Å². The fraction of sp³-hybridized carbons (Fsp3) is 0.438. The standard InChI is InChI=1S/C16H21BrN2O4/c1-3-4-13(16(22)23)19-15(21)9-14(18-10(2)20)11-5-7-12(17)8-6-11/h5-8,13-14H,3-4,9H2,1-2H3,(H,18,20)(H,19,21)(H,22,23). The number of rotatable bonds is 8. The van der Waals surface area contributed by atoms with Crippen LogP contribution in [0.3, 0.4) is 0 Å². The van der Waals surface area contributed by atoms with Crippen LogP contribution in [0.4, 0.5) is 0 Å². The molecule has 1 aromatic rings. The largest absolute Gasteiger partial charge is 0.480 e. The first-order valence-corrected chi connectivity index (χ1v) is 8.17. The molecule has 2 amide bonds. The second-order valence-corrected chi connectivity index (χ2v) is 6.17. The van der Waals surface area contributed by atoms with Crippen LogP contribution in [0.15, 0.2) is 28.7 Å². The van der Waals surface area contributed by atoms with E-state index in [1.54, 1.807) is 12.1 Å². The van der Waals surface area contributed by atoms with E-state index >= 15 is 0 Å². The summed E-state index contributed by atoms with van der Waals surface area (Å²) < 4.78 is 0.890. The molecule has 7 heteroatoms. The van der Waals surface area contributed by atoms with Crippen molar-refractivity contribution in [3.63, 3.8) is 0 Å². The van der Waals surface area contributed by atoms with E-state index in [2.05, 4.69) is 26.6 Å². The van der Waals surface area contributed by atoms with Gasteiger partial charge < -0.3 is 15.7 Å². The zero-order chi connectivity index (χ0) is 17.4. The SMILES string of the molecule is CCCC(NC(=O)CC(NC(C)=O)c1ccc(Br)cc1)C(=O)O. The molecule has 0 radical (unpaired) electrons. The van der Waals surface area contributed by atoms with Gasteiger partial charge in [0.15, 0.2) is 0 Å². The highest BCUT2D eigenvalue weighted by Gasteiger charge is 2.22. The summed E-state index contributed by atoms with van der Waals surface area (Å²) in [6.07, 6.45) is 0.998. The van der Waals surface area contributed by atoms with Crippen molar-refractivity contribution in [1.82, 2.24) is 10.6 Å². The summed E-state index contributed by atoms with van der Waals surface area (Å²) in [4.78, 5) is 34.6. The Kier molecular flexibility index (Phi) is 7.74. The Labute approximate surface area is 143 Å². The zero-order valence-electron chi connectivity index (χ0n) is 13.1. The molecule has 0 bridgehead atoms. The molecule has 0 saturated carbocycles. The number of aliphatic carboxylic acids is 1. The molecule has 126 valence electrons. The molecule has 0 spiro atoms. The monoisotopic (exact) mass is 384 g/mol. The summed E-state index contributed by atoms with van der Waals surface area (Å²) in [7, 11) is 0. The lowest BCUT2D eigenvalue weighted by molar-refractivity contribution is -0.142. The number of carbonyl (C=O) groups is 3. The molecule has 0 aliphatic heterocycles. The average Bonchev–Trinajstić information content (AvgIpc) is 2.46. The number of carboxylic acids is 1. The Morgan fingerprint density at radius 3 is 2.26 bits per heavy atom. The molecule has 23 heavy (non-hydrogen) atoms. The van der Waals surface area contributed by atoms with Gasteiger partial charge in [0.1, 0.15) is 6.04 Å². The Balaban J connectivity index is 2.80. The van der Waals surface area contributed by atoms with E-state index in [1.165, 1.54) is 6.92 Å². The van der Waals surface area contributed by atoms with Gasteiger partial charge in [-0.3, -0.25) is 9.59 Å². The van der Waals surface area contributed by atoms with E-state index in [9.17, 15) is 14.4 Å². The molecule has 1 aromatic carbocycles. The van der Waals surface area contributed by atoms with Crippen LogP contribution in [0.2, 0.25) is 0 Å². The van der Waals surface area contributed by atoms with Crippen LogP contribution < -0.4 is 10.6 Å². The minimum Gasteiger partial charge on any atom is -0.480 e. The molecule has 2 atom stereocenters. The smallest absolute Gasteiger partial charge is 0.326 e. The Bertz CT molecular complexity index is 560. The molecule has 6 nitrogen and oxygen atoms in total. The minimum atomic E-state index is -1.06. The molecule has 0 fully saturated rings. The van der Waals surface area contributed by atoms with Gasteiger partial charge in [-0.2, -0.15) is 0 Å². The number of nitrogens with one attached hydrogen (secondary N) is 2. The van der Waals surface area contributed by atoms with Crippen LogP contribution in [-0.4, -0.2) is 28.9 Å². The van der Waals surface area contributed by atoms with Gasteiger partial charge in [0.25, 0.3) is 0 Å². The first-order chi connectivity index (χ1) is 10.8. The number of carbonyl (C=O) groups excluding carboxylic acids is 2. The summed E-state index contributed by atoms with van der Waals surface area (Å²) >= 11 is 3.33. The third kappa shape index (κ3) is 6.81. The van der Waals surface area contributed by atoms with E-state index in [0.29, 0.717) is 12.8 Å².